The van der Waals surface area contributed by atoms with Crippen LogP contribution in [0.4, 0.5) is 5.69 Å². The van der Waals surface area contributed by atoms with E-state index in [9.17, 15) is 4.79 Å². The second-order valence-corrected chi connectivity index (χ2v) is 6.20. The molecule has 0 aromatic heterocycles. The lowest BCUT2D eigenvalue weighted by atomic mass is 10.0. The zero-order valence-corrected chi connectivity index (χ0v) is 14.4. The molecule has 0 spiro atoms. The monoisotopic (exact) mass is 406 g/mol. The minimum Gasteiger partial charge on any atom is -0.495 e. The van der Waals surface area contributed by atoms with Gasteiger partial charge in [0, 0.05) is 16.6 Å². The van der Waals surface area contributed by atoms with E-state index < -0.39 is 0 Å². The van der Waals surface area contributed by atoms with Gasteiger partial charge < -0.3 is 20.1 Å². The highest BCUT2D eigenvalue weighted by Gasteiger charge is 2.33. The molecule has 1 aromatic rings. The number of hydrogen-bond acceptors (Lipinski definition) is 4. The SMILES string of the molecule is CNC1COCC1C(=O)Nc1cc(OC)c(Br)cc1Br. The Kier molecular flexibility index (Phi) is 5.42. The molecule has 0 aliphatic carbocycles. The van der Waals surface area contributed by atoms with Crippen molar-refractivity contribution in [1.29, 1.82) is 0 Å². The average Bonchev–Trinajstić information content (AvgIpc) is 2.90. The van der Waals surface area contributed by atoms with Crippen LogP contribution in [0, 0.1) is 5.92 Å². The Morgan fingerprint density at radius 3 is 2.75 bits per heavy atom. The molecule has 2 N–H and O–H groups in total. The van der Waals surface area contributed by atoms with Gasteiger partial charge >= 0.3 is 0 Å². The smallest absolute Gasteiger partial charge is 0.231 e. The molecule has 0 bridgehead atoms. The molecule has 0 radical (unpaired) electrons. The molecule has 1 fully saturated rings. The summed E-state index contributed by atoms with van der Waals surface area (Å²) in [6.45, 7) is 0.988. The summed E-state index contributed by atoms with van der Waals surface area (Å²) in [7, 11) is 3.42. The van der Waals surface area contributed by atoms with Gasteiger partial charge in [0.2, 0.25) is 5.91 Å². The van der Waals surface area contributed by atoms with Gasteiger partial charge in [0.05, 0.1) is 36.4 Å². The lowest BCUT2D eigenvalue weighted by molar-refractivity contribution is -0.120. The summed E-state index contributed by atoms with van der Waals surface area (Å²) in [6.07, 6.45) is 0. The third kappa shape index (κ3) is 3.33. The van der Waals surface area contributed by atoms with Crippen molar-refractivity contribution >= 4 is 43.5 Å². The zero-order valence-electron chi connectivity index (χ0n) is 11.2. The first-order valence-corrected chi connectivity index (χ1v) is 7.74. The van der Waals surface area contributed by atoms with E-state index in [4.69, 9.17) is 9.47 Å². The number of carbonyl (C=O) groups excluding carboxylic acids is 1. The van der Waals surface area contributed by atoms with Crippen LogP contribution in [-0.2, 0) is 9.53 Å². The fourth-order valence-electron chi connectivity index (χ4n) is 2.10. The summed E-state index contributed by atoms with van der Waals surface area (Å²) < 4.78 is 12.2. The highest BCUT2D eigenvalue weighted by Crippen LogP contribution is 2.35. The topological polar surface area (TPSA) is 59.6 Å². The van der Waals surface area contributed by atoms with E-state index in [2.05, 4.69) is 42.5 Å². The first-order chi connectivity index (χ1) is 9.56. The van der Waals surface area contributed by atoms with Crippen molar-refractivity contribution in [2.24, 2.45) is 5.92 Å². The number of likely N-dealkylation sites (N-methyl/N-ethyl adjacent to an activating group) is 1. The lowest BCUT2D eigenvalue weighted by Gasteiger charge is -2.17. The predicted molar refractivity (Wildman–Crippen MR) is 84.2 cm³/mol. The molecule has 2 unspecified atom stereocenters. The van der Waals surface area contributed by atoms with Crippen LogP contribution < -0.4 is 15.4 Å². The first-order valence-electron chi connectivity index (χ1n) is 6.15. The Hall–Kier alpha value is -0.630. The van der Waals surface area contributed by atoms with E-state index in [0.717, 1.165) is 8.95 Å². The number of anilines is 1. The summed E-state index contributed by atoms with van der Waals surface area (Å²) in [4.78, 5) is 12.3. The van der Waals surface area contributed by atoms with E-state index in [1.165, 1.54) is 0 Å². The van der Waals surface area contributed by atoms with Crippen LogP contribution in [0.25, 0.3) is 0 Å². The van der Waals surface area contributed by atoms with E-state index in [1.54, 1.807) is 13.2 Å². The normalized spacial score (nSPS) is 21.8. The van der Waals surface area contributed by atoms with Gasteiger partial charge in [-0.05, 0) is 45.0 Å². The predicted octanol–water partition coefficient (Wildman–Crippen LogP) is 2.39. The van der Waals surface area contributed by atoms with E-state index >= 15 is 0 Å². The Morgan fingerprint density at radius 1 is 1.35 bits per heavy atom. The third-order valence-electron chi connectivity index (χ3n) is 3.29. The maximum Gasteiger partial charge on any atom is 0.231 e. The highest BCUT2D eigenvalue weighted by atomic mass is 79.9. The van der Waals surface area contributed by atoms with Gasteiger partial charge in [0.1, 0.15) is 5.75 Å². The standard InChI is InChI=1S/C13H16Br2N2O3/c1-16-11-6-20-5-7(11)13(18)17-10-4-12(19-2)9(15)3-8(10)14/h3-4,7,11,16H,5-6H2,1-2H3,(H,17,18). The van der Waals surface area contributed by atoms with Gasteiger partial charge in [-0.3, -0.25) is 4.79 Å². The Labute approximate surface area is 134 Å². The molecule has 20 heavy (non-hydrogen) atoms. The van der Waals surface area contributed by atoms with Gasteiger partial charge in [0.15, 0.2) is 0 Å². The Balaban J connectivity index is 2.15. The van der Waals surface area contributed by atoms with Crippen LogP contribution in [0.15, 0.2) is 21.1 Å². The summed E-state index contributed by atoms with van der Waals surface area (Å²) >= 11 is 6.83. The van der Waals surface area contributed by atoms with Crippen LogP contribution in [0.5, 0.6) is 5.75 Å². The molecule has 0 saturated carbocycles. The molecule has 2 rings (SSSR count). The summed E-state index contributed by atoms with van der Waals surface area (Å²) in [5.41, 5.74) is 0.678. The minimum atomic E-state index is -0.193. The molecule has 5 nitrogen and oxygen atoms in total. The highest BCUT2D eigenvalue weighted by molar-refractivity contribution is 9.11. The van der Waals surface area contributed by atoms with E-state index in [1.807, 2.05) is 13.1 Å². The molecule has 1 saturated heterocycles. The molecule has 1 amide bonds. The van der Waals surface area contributed by atoms with Crippen LogP contribution in [0.3, 0.4) is 0 Å². The number of benzene rings is 1. The molecule has 1 aliphatic heterocycles. The van der Waals surface area contributed by atoms with E-state index in [0.29, 0.717) is 24.7 Å². The molecular formula is C13H16Br2N2O3. The van der Waals surface area contributed by atoms with Gasteiger partial charge in [-0.1, -0.05) is 0 Å². The summed E-state index contributed by atoms with van der Waals surface area (Å²) in [5.74, 6) is 0.407. The van der Waals surface area contributed by atoms with Crippen molar-refractivity contribution in [3.8, 4) is 5.75 Å². The van der Waals surface area contributed by atoms with Crippen molar-refractivity contribution in [3.63, 3.8) is 0 Å². The zero-order chi connectivity index (χ0) is 14.7. The molecule has 2 atom stereocenters. The number of rotatable bonds is 4. The quantitative estimate of drug-likeness (QED) is 0.804. The molecular weight excluding hydrogens is 392 g/mol. The van der Waals surface area contributed by atoms with Crippen molar-refractivity contribution < 1.29 is 14.3 Å². The largest absolute Gasteiger partial charge is 0.495 e. The van der Waals surface area contributed by atoms with Crippen molar-refractivity contribution in [2.45, 2.75) is 6.04 Å². The molecule has 1 aliphatic rings. The van der Waals surface area contributed by atoms with Crippen LogP contribution in [-0.4, -0.2) is 39.3 Å². The number of hydrogen-bond donors (Lipinski definition) is 2. The van der Waals surface area contributed by atoms with Crippen LogP contribution in [0.2, 0.25) is 0 Å². The molecule has 1 heterocycles. The molecule has 110 valence electrons. The van der Waals surface area contributed by atoms with Gasteiger partial charge in [0.25, 0.3) is 0 Å². The molecule has 7 heteroatoms. The number of amides is 1. The number of halogens is 2. The van der Waals surface area contributed by atoms with Crippen LogP contribution >= 0.6 is 31.9 Å². The number of carbonyl (C=O) groups is 1. The van der Waals surface area contributed by atoms with Crippen molar-refractivity contribution in [2.75, 3.05) is 32.7 Å². The second-order valence-electron chi connectivity index (χ2n) is 4.49. The first kappa shape index (κ1) is 15.8. The molecule has 1 aromatic carbocycles. The fourth-order valence-corrected chi connectivity index (χ4v) is 3.36. The fraction of sp³-hybridized carbons (Fsp3) is 0.462. The number of methoxy groups -OCH3 is 1. The minimum absolute atomic E-state index is 0.0473. The van der Waals surface area contributed by atoms with Crippen molar-refractivity contribution in [1.82, 2.24) is 5.32 Å². The van der Waals surface area contributed by atoms with Crippen molar-refractivity contribution in [3.05, 3.63) is 21.1 Å². The summed E-state index contributed by atoms with van der Waals surface area (Å²) in [6, 6.07) is 3.66. The lowest BCUT2D eigenvalue weighted by Crippen LogP contribution is -2.39. The third-order valence-corrected chi connectivity index (χ3v) is 4.56. The maximum atomic E-state index is 12.3. The second kappa shape index (κ2) is 6.89. The average molecular weight is 408 g/mol. The van der Waals surface area contributed by atoms with Gasteiger partial charge in [-0.15, -0.1) is 0 Å². The number of nitrogens with one attached hydrogen (secondary N) is 2. The summed E-state index contributed by atoms with van der Waals surface area (Å²) in [5, 5.41) is 6.01. The maximum absolute atomic E-state index is 12.3. The Morgan fingerprint density at radius 2 is 2.10 bits per heavy atom. The number of ether oxygens (including phenoxy) is 2. The van der Waals surface area contributed by atoms with Gasteiger partial charge in [-0.2, -0.15) is 0 Å². The van der Waals surface area contributed by atoms with Crippen LogP contribution in [0.1, 0.15) is 0 Å². The van der Waals surface area contributed by atoms with E-state index in [-0.39, 0.29) is 17.9 Å². The Bertz CT molecular complexity index is 511. The van der Waals surface area contributed by atoms with Gasteiger partial charge in [-0.25, -0.2) is 0 Å².